The molecule has 3 heteroatoms. The van der Waals surface area contributed by atoms with Crippen LogP contribution in [0.4, 0.5) is 0 Å². The van der Waals surface area contributed by atoms with Crippen LogP contribution in [-0.4, -0.2) is 28.2 Å². The Morgan fingerprint density at radius 2 is 1.87 bits per heavy atom. The van der Waals surface area contributed by atoms with Gasteiger partial charge < -0.3 is 9.84 Å². The smallest absolute Gasteiger partial charge is 0.138 e. The van der Waals surface area contributed by atoms with E-state index in [0.717, 1.165) is 19.3 Å². The molecule has 0 aromatic heterocycles. The fourth-order valence-corrected chi connectivity index (χ4v) is 6.45. The molecule has 0 amide bonds. The van der Waals surface area contributed by atoms with Gasteiger partial charge in [-0.3, -0.25) is 4.79 Å². The molecule has 1 aliphatic heterocycles. The molecule has 3 rings (SSSR count). The Hall–Kier alpha value is -0.670. The third-order valence-electron chi connectivity index (χ3n) is 7.46. The summed E-state index contributed by atoms with van der Waals surface area (Å²) >= 11 is 0. The Balaban J connectivity index is 2.03. The van der Waals surface area contributed by atoms with Crippen molar-refractivity contribution in [1.29, 1.82) is 0 Å². The van der Waals surface area contributed by atoms with Crippen molar-refractivity contribution in [1.82, 2.24) is 0 Å². The van der Waals surface area contributed by atoms with Gasteiger partial charge in [0, 0.05) is 24.2 Å². The van der Waals surface area contributed by atoms with E-state index < -0.39 is 11.5 Å². The average molecular weight is 320 g/mol. The van der Waals surface area contributed by atoms with Gasteiger partial charge in [0.05, 0.1) is 17.3 Å². The van der Waals surface area contributed by atoms with Crippen molar-refractivity contribution in [2.75, 3.05) is 0 Å². The first-order chi connectivity index (χ1) is 10.5. The number of hydrogen-bond acceptors (Lipinski definition) is 3. The highest BCUT2D eigenvalue weighted by Crippen LogP contribution is 2.64. The third-order valence-corrected chi connectivity index (χ3v) is 7.46. The van der Waals surface area contributed by atoms with Crippen LogP contribution in [0.5, 0.6) is 0 Å². The highest BCUT2D eigenvalue weighted by Gasteiger charge is 2.65. The summed E-state index contributed by atoms with van der Waals surface area (Å²) in [7, 11) is 0. The standard InChI is InChI=1S/C20H32O3/c1-7-18(4)10-8-14-19(5)11-9-15(22)17(2,3)16(19)13(21)12-20(14,6)23-18/h7,13-14,16,21H,1,8-12H2,2-6H3/t13-,14?,16?,18+,19+,20+/m1/s1. The van der Waals surface area contributed by atoms with E-state index in [1.165, 1.54) is 0 Å². The summed E-state index contributed by atoms with van der Waals surface area (Å²) in [4.78, 5) is 12.5. The number of carbonyl (C=O) groups excluding carboxylic acids is 1. The highest BCUT2D eigenvalue weighted by molar-refractivity contribution is 5.85. The first kappa shape index (κ1) is 17.2. The van der Waals surface area contributed by atoms with Gasteiger partial charge in [-0.1, -0.05) is 26.8 Å². The van der Waals surface area contributed by atoms with Crippen molar-refractivity contribution in [2.45, 2.75) is 84.0 Å². The van der Waals surface area contributed by atoms with Gasteiger partial charge in [-0.05, 0) is 44.4 Å². The normalized spacial score (nSPS) is 52.4. The van der Waals surface area contributed by atoms with Gasteiger partial charge in [-0.2, -0.15) is 0 Å². The predicted octanol–water partition coefficient (Wildman–Crippen LogP) is 3.89. The molecular weight excluding hydrogens is 288 g/mol. The van der Waals surface area contributed by atoms with Crippen molar-refractivity contribution < 1.29 is 14.6 Å². The maximum absolute atomic E-state index is 12.5. The maximum Gasteiger partial charge on any atom is 0.138 e. The largest absolute Gasteiger partial charge is 0.393 e. The topological polar surface area (TPSA) is 46.5 Å². The summed E-state index contributed by atoms with van der Waals surface area (Å²) in [5, 5.41) is 11.0. The van der Waals surface area contributed by atoms with Crippen LogP contribution in [-0.2, 0) is 9.53 Å². The van der Waals surface area contributed by atoms with Crippen molar-refractivity contribution >= 4 is 5.78 Å². The fraction of sp³-hybridized carbons (Fsp3) is 0.850. The van der Waals surface area contributed by atoms with Gasteiger partial charge in [0.25, 0.3) is 0 Å². The van der Waals surface area contributed by atoms with E-state index in [2.05, 4.69) is 27.4 Å². The summed E-state index contributed by atoms with van der Waals surface area (Å²) in [6.45, 7) is 14.5. The van der Waals surface area contributed by atoms with E-state index in [-0.39, 0.29) is 22.5 Å². The lowest BCUT2D eigenvalue weighted by Gasteiger charge is -2.65. The first-order valence-corrected chi connectivity index (χ1v) is 9.04. The highest BCUT2D eigenvalue weighted by atomic mass is 16.5. The quantitative estimate of drug-likeness (QED) is 0.746. The number of Topliss-reactive ketones (excluding diaryl/α,β-unsaturated/α-hetero) is 1. The lowest BCUT2D eigenvalue weighted by Crippen LogP contribution is -2.67. The number of carbonyl (C=O) groups is 1. The summed E-state index contributed by atoms with van der Waals surface area (Å²) in [6.07, 6.45) is 5.55. The minimum absolute atomic E-state index is 0.0195. The summed E-state index contributed by atoms with van der Waals surface area (Å²) in [5.74, 6) is 0.699. The number of fused-ring (bicyclic) bond motifs is 3. The molecule has 0 spiro atoms. The number of ether oxygens (including phenoxy) is 1. The van der Waals surface area contributed by atoms with Crippen LogP contribution in [0.25, 0.3) is 0 Å². The second-order valence-electron chi connectivity index (χ2n) is 9.42. The average Bonchev–Trinajstić information content (AvgIpc) is 2.41. The first-order valence-electron chi connectivity index (χ1n) is 9.04. The molecule has 0 radical (unpaired) electrons. The van der Waals surface area contributed by atoms with E-state index in [4.69, 9.17) is 4.74 Å². The van der Waals surface area contributed by atoms with E-state index in [9.17, 15) is 9.90 Å². The Bertz CT molecular complexity index is 539. The predicted molar refractivity (Wildman–Crippen MR) is 91.1 cm³/mol. The molecule has 23 heavy (non-hydrogen) atoms. The number of aliphatic hydroxyl groups is 1. The Morgan fingerprint density at radius 3 is 2.48 bits per heavy atom. The van der Waals surface area contributed by atoms with E-state index in [1.807, 2.05) is 19.9 Å². The van der Waals surface area contributed by atoms with Gasteiger partial charge in [-0.25, -0.2) is 0 Å². The molecule has 0 aromatic rings. The molecule has 1 saturated heterocycles. The fourth-order valence-electron chi connectivity index (χ4n) is 6.45. The molecule has 0 bridgehead atoms. The second kappa shape index (κ2) is 4.92. The van der Waals surface area contributed by atoms with Crippen molar-refractivity contribution in [3.63, 3.8) is 0 Å². The zero-order valence-corrected chi connectivity index (χ0v) is 15.3. The Labute approximate surface area is 140 Å². The summed E-state index contributed by atoms with van der Waals surface area (Å²) in [6, 6.07) is 0. The van der Waals surface area contributed by atoms with Crippen LogP contribution in [0.3, 0.4) is 0 Å². The lowest BCUT2D eigenvalue weighted by atomic mass is 9.43. The lowest BCUT2D eigenvalue weighted by molar-refractivity contribution is -0.273. The molecule has 1 N–H and O–H groups in total. The van der Waals surface area contributed by atoms with E-state index >= 15 is 0 Å². The molecule has 2 aliphatic carbocycles. The monoisotopic (exact) mass is 320 g/mol. The van der Waals surface area contributed by atoms with Gasteiger partial charge in [0.1, 0.15) is 5.78 Å². The van der Waals surface area contributed by atoms with E-state index in [0.29, 0.717) is 24.5 Å². The maximum atomic E-state index is 12.5. The number of ketones is 1. The number of rotatable bonds is 1. The van der Waals surface area contributed by atoms with Crippen LogP contribution in [0.2, 0.25) is 0 Å². The molecule has 2 saturated carbocycles. The van der Waals surface area contributed by atoms with Crippen molar-refractivity contribution in [3.8, 4) is 0 Å². The zero-order chi connectivity index (χ0) is 17.3. The number of hydrogen-bond donors (Lipinski definition) is 1. The van der Waals surface area contributed by atoms with Crippen LogP contribution >= 0.6 is 0 Å². The van der Waals surface area contributed by atoms with Gasteiger partial charge in [-0.15, -0.1) is 6.58 Å². The number of aliphatic hydroxyl groups excluding tert-OH is 1. The minimum atomic E-state index is -0.493. The molecule has 0 aromatic carbocycles. The SMILES string of the molecule is C=C[C@@]1(C)CCC2[C@]3(C)CCC(=O)C(C)(C)C3[C@H](O)C[C@]2(C)O1. The van der Waals surface area contributed by atoms with Crippen LogP contribution in [0, 0.1) is 22.7 Å². The van der Waals surface area contributed by atoms with Crippen LogP contribution in [0.15, 0.2) is 12.7 Å². The summed E-state index contributed by atoms with van der Waals surface area (Å²) in [5.41, 5.74) is -1.16. The summed E-state index contributed by atoms with van der Waals surface area (Å²) < 4.78 is 6.53. The van der Waals surface area contributed by atoms with Crippen LogP contribution < -0.4 is 0 Å². The van der Waals surface area contributed by atoms with Crippen LogP contribution in [0.1, 0.15) is 66.7 Å². The third kappa shape index (κ3) is 2.26. The Morgan fingerprint density at radius 1 is 1.22 bits per heavy atom. The van der Waals surface area contributed by atoms with Crippen molar-refractivity contribution in [3.05, 3.63) is 12.7 Å². The van der Waals surface area contributed by atoms with Gasteiger partial charge in [0.2, 0.25) is 0 Å². The molecule has 3 aliphatic rings. The second-order valence-corrected chi connectivity index (χ2v) is 9.42. The van der Waals surface area contributed by atoms with E-state index in [1.54, 1.807) is 0 Å². The molecule has 6 atom stereocenters. The Kier molecular flexibility index (Phi) is 3.67. The molecule has 1 heterocycles. The van der Waals surface area contributed by atoms with Crippen molar-refractivity contribution in [2.24, 2.45) is 22.7 Å². The molecule has 3 nitrogen and oxygen atoms in total. The molecular formula is C20H32O3. The molecule has 130 valence electrons. The molecule has 2 unspecified atom stereocenters. The van der Waals surface area contributed by atoms with Gasteiger partial charge in [0.15, 0.2) is 0 Å². The molecule has 3 fully saturated rings. The minimum Gasteiger partial charge on any atom is -0.393 e. The van der Waals surface area contributed by atoms with Gasteiger partial charge >= 0.3 is 0 Å². The zero-order valence-electron chi connectivity index (χ0n) is 15.3.